The van der Waals surface area contributed by atoms with Gasteiger partial charge in [0.2, 0.25) is 0 Å². The van der Waals surface area contributed by atoms with E-state index in [-0.39, 0.29) is 0 Å². The first-order chi connectivity index (χ1) is 19.9. The Morgan fingerprint density at radius 1 is 0.475 bits per heavy atom. The first-order valence-electron chi connectivity index (χ1n) is 13.6. The molecule has 8 rings (SSSR count). The minimum Gasteiger partial charge on any atom is -0.308 e. The number of para-hydroxylation sites is 2. The Morgan fingerprint density at radius 2 is 1.05 bits per heavy atom. The molecule has 0 aliphatic heterocycles. The Hall–Kier alpha value is -5.41. The van der Waals surface area contributed by atoms with Crippen molar-refractivity contribution in [3.63, 3.8) is 0 Å². The second-order valence-corrected chi connectivity index (χ2v) is 10.1. The lowest BCUT2D eigenvalue weighted by atomic mass is 9.98. The zero-order valence-corrected chi connectivity index (χ0v) is 21.8. The molecule has 3 nitrogen and oxygen atoms in total. The van der Waals surface area contributed by atoms with Crippen LogP contribution in [0.15, 0.2) is 152 Å². The highest BCUT2D eigenvalue weighted by molar-refractivity contribution is 6.09. The quantitative estimate of drug-likeness (QED) is 0.231. The van der Waals surface area contributed by atoms with E-state index in [9.17, 15) is 0 Å². The zero-order chi connectivity index (χ0) is 26.5. The molecule has 0 fully saturated rings. The van der Waals surface area contributed by atoms with Crippen LogP contribution in [-0.2, 0) is 0 Å². The summed E-state index contributed by atoms with van der Waals surface area (Å²) in [4.78, 5) is 0. The van der Waals surface area contributed by atoms with Gasteiger partial charge in [-0.05, 0) is 41.3 Å². The Bertz CT molecular complexity index is 2140. The van der Waals surface area contributed by atoms with Gasteiger partial charge in [0.05, 0.1) is 22.4 Å². The Morgan fingerprint density at radius 3 is 1.80 bits per heavy atom. The maximum atomic E-state index is 5.46. The van der Waals surface area contributed by atoms with Crippen LogP contribution in [0.5, 0.6) is 0 Å². The van der Waals surface area contributed by atoms with Gasteiger partial charge < -0.3 is 4.57 Å². The molecule has 0 amide bonds. The van der Waals surface area contributed by atoms with E-state index in [2.05, 4.69) is 161 Å². The Labute approximate surface area is 232 Å². The van der Waals surface area contributed by atoms with Crippen LogP contribution >= 0.6 is 0 Å². The van der Waals surface area contributed by atoms with Crippen molar-refractivity contribution in [1.29, 1.82) is 0 Å². The van der Waals surface area contributed by atoms with Gasteiger partial charge in [0.1, 0.15) is 5.69 Å². The predicted octanol–water partition coefficient (Wildman–Crippen LogP) is 9.43. The van der Waals surface area contributed by atoms with Crippen LogP contribution in [0.3, 0.4) is 0 Å². The van der Waals surface area contributed by atoms with E-state index in [0.717, 1.165) is 50.5 Å². The van der Waals surface area contributed by atoms with E-state index in [4.69, 9.17) is 5.10 Å². The van der Waals surface area contributed by atoms with Crippen molar-refractivity contribution in [2.24, 2.45) is 0 Å². The van der Waals surface area contributed by atoms with Crippen LogP contribution in [0.25, 0.3) is 66.7 Å². The van der Waals surface area contributed by atoms with Gasteiger partial charge in [0.15, 0.2) is 0 Å². The molecule has 0 saturated carbocycles. The molecule has 0 spiro atoms. The fraction of sp³-hybridized carbons (Fsp3) is 0. The lowest BCUT2D eigenvalue weighted by Gasteiger charge is -2.11. The van der Waals surface area contributed by atoms with Crippen LogP contribution < -0.4 is 0 Å². The summed E-state index contributed by atoms with van der Waals surface area (Å²) in [7, 11) is 0. The molecule has 0 aliphatic rings. The summed E-state index contributed by atoms with van der Waals surface area (Å²) in [5.74, 6) is 0. The smallest absolute Gasteiger partial charge is 0.118 e. The van der Waals surface area contributed by atoms with Crippen LogP contribution in [0.4, 0.5) is 0 Å². The maximum Gasteiger partial charge on any atom is 0.118 e. The summed E-state index contributed by atoms with van der Waals surface area (Å²) < 4.78 is 4.50. The molecular formula is C37H25N3. The summed E-state index contributed by atoms with van der Waals surface area (Å²) in [6.45, 7) is 0. The summed E-state index contributed by atoms with van der Waals surface area (Å²) >= 11 is 0. The number of hydrogen-bond donors (Lipinski definition) is 0. The standard InChI is InChI=1S/C37H25N3/c1-4-14-26(15-5-1)33-24-28-18-10-12-22-31(28)37-35(27-16-6-2-7-17-27)36(38-40(33)37)34-25-29-19-11-13-23-32(29)39(34)30-20-8-3-9-21-30/h1-25H. The molecule has 0 unspecified atom stereocenters. The van der Waals surface area contributed by atoms with Gasteiger partial charge in [-0.15, -0.1) is 0 Å². The Balaban J connectivity index is 1.57. The molecule has 0 aliphatic carbocycles. The van der Waals surface area contributed by atoms with Crippen molar-refractivity contribution in [3.8, 4) is 39.5 Å². The monoisotopic (exact) mass is 511 g/mol. The molecule has 3 aromatic heterocycles. The molecule has 188 valence electrons. The van der Waals surface area contributed by atoms with Crippen molar-refractivity contribution in [3.05, 3.63) is 152 Å². The molecular weight excluding hydrogens is 486 g/mol. The number of nitrogens with zero attached hydrogens (tertiary/aromatic N) is 3. The van der Waals surface area contributed by atoms with Crippen molar-refractivity contribution in [1.82, 2.24) is 14.2 Å². The van der Waals surface area contributed by atoms with Crippen molar-refractivity contribution in [2.45, 2.75) is 0 Å². The summed E-state index contributed by atoms with van der Waals surface area (Å²) in [5, 5.41) is 9.03. The molecule has 0 saturated heterocycles. The topological polar surface area (TPSA) is 22.2 Å². The van der Waals surface area contributed by atoms with E-state index in [1.54, 1.807) is 0 Å². The molecule has 0 atom stereocenters. The molecule has 3 heteroatoms. The lowest BCUT2D eigenvalue weighted by Crippen LogP contribution is -1.98. The third-order valence-electron chi connectivity index (χ3n) is 7.72. The second-order valence-electron chi connectivity index (χ2n) is 10.1. The zero-order valence-electron chi connectivity index (χ0n) is 21.8. The second kappa shape index (κ2) is 9.11. The SMILES string of the molecule is c1ccc(-c2c(-c3cc4ccccc4n3-c3ccccc3)nn3c(-c4ccccc4)cc4ccccc4c23)cc1. The highest BCUT2D eigenvalue weighted by Gasteiger charge is 2.24. The minimum atomic E-state index is 0.958. The fourth-order valence-electron chi connectivity index (χ4n) is 5.94. The molecule has 0 N–H and O–H groups in total. The average molecular weight is 512 g/mol. The number of aromatic nitrogens is 3. The number of fused-ring (bicyclic) bond motifs is 4. The van der Waals surface area contributed by atoms with Crippen molar-refractivity contribution < 1.29 is 0 Å². The highest BCUT2D eigenvalue weighted by Crippen LogP contribution is 2.42. The normalized spacial score (nSPS) is 11.5. The van der Waals surface area contributed by atoms with Crippen molar-refractivity contribution >= 4 is 27.2 Å². The van der Waals surface area contributed by atoms with E-state index < -0.39 is 0 Å². The van der Waals surface area contributed by atoms with Crippen LogP contribution in [0.2, 0.25) is 0 Å². The third kappa shape index (κ3) is 3.49. The molecule has 0 bridgehead atoms. The van der Waals surface area contributed by atoms with E-state index >= 15 is 0 Å². The van der Waals surface area contributed by atoms with Crippen LogP contribution in [0, 0.1) is 0 Å². The summed E-state index contributed by atoms with van der Waals surface area (Å²) in [6.07, 6.45) is 0. The number of hydrogen-bond acceptors (Lipinski definition) is 1. The third-order valence-corrected chi connectivity index (χ3v) is 7.72. The van der Waals surface area contributed by atoms with Gasteiger partial charge in [0.25, 0.3) is 0 Å². The molecule has 5 aromatic carbocycles. The van der Waals surface area contributed by atoms with Gasteiger partial charge in [-0.1, -0.05) is 121 Å². The van der Waals surface area contributed by atoms with E-state index in [1.807, 2.05) is 0 Å². The van der Waals surface area contributed by atoms with E-state index in [1.165, 1.54) is 16.2 Å². The van der Waals surface area contributed by atoms with Gasteiger partial charge >= 0.3 is 0 Å². The summed E-state index contributed by atoms with van der Waals surface area (Å²) in [6, 6.07) is 53.6. The van der Waals surface area contributed by atoms with Crippen molar-refractivity contribution in [2.75, 3.05) is 0 Å². The lowest BCUT2D eigenvalue weighted by molar-refractivity contribution is 0.970. The molecule has 8 aromatic rings. The molecule has 0 radical (unpaired) electrons. The number of pyridine rings is 1. The number of rotatable bonds is 4. The first-order valence-corrected chi connectivity index (χ1v) is 13.6. The predicted molar refractivity (Wildman–Crippen MR) is 166 cm³/mol. The number of benzene rings is 5. The maximum absolute atomic E-state index is 5.46. The fourth-order valence-corrected chi connectivity index (χ4v) is 5.94. The average Bonchev–Trinajstić information content (AvgIpc) is 3.62. The largest absolute Gasteiger partial charge is 0.308 e. The van der Waals surface area contributed by atoms with Gasteiger partial charge in [0, 0.05) is 27.6 Å². The highest BCUT2D eigenvalue weighted by atomic mass is 15.2. The van der Waals surface area contributed by atoms with Gasteiger partial charge in [-0.3, -0.25) is 0 Å². The first kappa shape index (κ1) is 22.6. The van der Waals surface area contributed by atoms with Gasteiger partial charge in [-0.2, -0.15) is 5.10 Å². The summed E-state index contributed by atoms with van der Waals surface area (Å²) in [5.41, 5.74) is 9.90. The van der Waals surface area contributed by atoms with Crippen LogP contribution in [0.1, 0.15) is 0 Å². The molecule has 3 heterocycles. The Kier molecular flexibility index (Phi) is 5.14. The van der Waals surface area contributed by atoms with Gasteiger partial charge in [-0.25, -0.2) is 4.52 Å². The van der Waals surface area contributed by atoms with E-state index in [0.29, 0.717) is 0 Å². The van der Waals surface area contributed by atoms with Crippen LogP contribution in [-0.4, -0.2) is 14.2 Å². The molecule has 40 heavy (non-hydrogen) atoms. The minimum absolute atomic E-state index is 0.958.